The maximum Gasteiger partial charge on any atom is 0.150 e. The molecule has 0 bridgehead atoms. The van der Waals surface area contributed by atoms with E-state index in [1.54, 1.807) is 0 Å². The van der Waals surface area contributed by atoms with Gasteiger partial charge in [-0.3, -0.25) is 0 Å². The SMILES string of the molecule is NCC1(CC2CCCO2)CCS(=O)(=O)C1. The summed E-state index contributed by atoms with van der Waals surface area (Å²) in [4.78, 5) is 0. The molecule has 15 heavy (non-hydrogen) atoms. The van der Waals surface area contributed by atoms with E-state index in [0.717, 1.165) is 25.9 Å². The van der Waals surface area contributed by atoms with E-state index in [2.05, 4.69) is 0 Å². The highest BCUT2D eigenvalue weighted by Crippen LogP contribution is 2.38. The van der Waals surface area contributed by atoms with Crippen LogP contribution in [-0.2, 0) is 14.6 Å². The van der Waals surface area contributed by atoms with Crippen molar-refractivity contribution in [1.82, 2.24) is 0 Å². The van der Waals surface area contributed by atoms with Crippen molar-refractivity contribution >= 4 is 9.84 Å². The van der Waals surface area contributed by atoms with Gasteiger partial charge in [0, 0.05) is 6.61 Å². The summed E-state index contributed by atoms with van der Waals surface area (Å²) < 4.78 is 28.5. The van der Waals surface area contributed by atoms with Crippen molar-refractivity contribution in [1.29, 1.82) is 0 Å². The number of hydrogen-bond donors (Lipinski definition) is 1. The van der Waals surface area contributed by atoms with Gasteiger partial charge in [-0.1, -0.05) is 0 Å². The Morgan fingerprint density at radius 2 is 2.27 bits per heavy atom. The second-order valence-corrected chi connectivity index (χ2v) is 7.07. The first-order chi connectivity index (χ1) is 7.05. The molecule has 2 rings (SSSR count). The van der Waals surface area contributed by atoms with Gasteiger partial charge in [-0.15, -0.1) is 0 Å². The van der Waals surface area contributed by atoms with Crippen LogP contribution in [0.3, 0.4) is 0 Å². The van der Waals surface area contributed by atoms with Crippen molar-refractivity contribution in [3.05, 3.63) is 0 Å². The van der Waals surface area contributed by atoms with E-state index in [4.69, 9.17) is 10.5 Å². The highest BCUT2D eigenvalue weighted by Gasteiger charge is 2.43. The molecule has 0 saturated carbocycles. The maximum absolute atomic E-state index is 11.5. The maximum atomic E-state index is 11.5. The molecule has 2 heterocycles. The van der Waals surface area contributed by atoms with Crippen LogP contribution >= 0.6 is 0 Å². The lowest BCUT2D eigenvalue weighted by Gasteiger charge is -2.28. The van der Waals surface area contributed by atoms with E-state index in [1.165, 1.54) is 0 Å². The van der Waals surface area contributed by atoms with Gasteiger partial charge in [0.15, 0.2) is 9.84 Å². The Morgan fingerprint density at radius 3 is 2.73 bits per heavy atom. The van der Waals surface area contributed by atoms with Crippen molar-refractivity contribution in [2.75, 3.05) is 24.7 Å². The molecular formula is C10H19NO3S. The molecular weight excluding hydrogens is 214 g/mol. The summed E-state index contributed by atoms with van der Waals surface area (Å²) in [6.45, 7) is 1.28. The average Bonchev–Trinajstić information content (AvgIpc) is 2.75. The third kappa shape index (κ3) is 2.52. The van der Waals surface area contributed by atoms with Gasteiger partial charge < -0.3 is 10.5 Å². The second-order valence-electron chi connectivity index (χ2n) is 4.89. The Morgan fingerprint density at radius 1 is 1.47 bits per heavy atom. The van der Waals surface area contributed by atoms with Crippen molar-refractivity contribution < 1.29 is 13.2 Å². The number of nitrogens with two attached hydrogens (primary N) is 1. The summed E-state index contributed by atoms with van der Waals surface area (Å²) in [5.41, 5.74) is 5.55. The standard InChI is InChI=1S/C10H19NO3S/c11-7-10(3-5-15(12,13)8-10)6-9-2-1-4-14-9/h9H,1-8,11H2. The fourth-order valence-corrected chi connectivity index (χ4v) is 4.88. The van der Waals surface area contributed by atoms with Gasteiger partial charge in [-0.2, -0.15) is 0 Å². The average molecular weight is 233 g/mol. The summed E-state index contributed by atoms with van der Waals surface area (Å²) >= 11 is 0. The van der Waals surface area contributed by atoms with Crippen LogP contribution < -0.4 is 5.73 Å². The molecule has 0 amide bonds. The van der Waals surface area contributed by atoms with E-state index in [0.29, 0.717) is 18.7 Å². The monoisotopic (exact) mass is 233 g/mol. The van der Waals surface area contributed by atoms with E-state index in [1.807, 2.05) is 0 Å². The zero-order valence-corrected chi connectivity index (χ0v) is 9.76. The molecule has 0 radical (unpaired) electrons. The van der Waals surface area contributed by atoms with Crippen LogP contribution in [0.1, 0.15) is 25.7 Å². The minimum absolute atomic E-state index is 0.201. The molecule has 2 atom stereocenters. The fraction of sp³-hybridized carbons (Fsp3) is 1.00. The van der Waals surface area contributed by atoms with Gasteiger partial charge in [0.1, 0.15) is 0 Å². The molecule has 5 heteroatoms. The molecule has 2 unspecified atom stereocenters. The van der Waals surface area contributed by atoms with E-state index < -0.39 is 9.84 Å². The third-order valence-electron chi connectivity index (χ3n) is 3.59. The van der Waals surface area contributed by atoms with Gasteiger partial charge in [-0.05, 0) is 37.6 Å². The van der Waals surface area contributed by atoms with Crippen LogP contribution in [0.15, 0.2) is 0 Å². The van der Waals surface area contributed by atoms with Gasteiger partial charge in [-0.25, -0.2) is 8.42 Å². The van der Waals surface area contributed by atoms with Gasteiger partial charge in [0.2, 0.25) is 0 Å². The molecule has 2 N–H and O–H groups in total. The predicted molar refractivity (Wildman–Crippen MR) is 58.3 cm³/mol. The molecule has 4 nitrogen and oxygen atoms in total. The number of sulfone groups is 1. The molecule has 0 aliphatic carbocycles. The lowest BCUT2D eigenvalue weighted by Crippen LogP contribution is -2.35. The smallest absolute Gasteiger partial charge is 0.150 e. The zero-order chi connectivity index (χ0) is 10.9. The quantitative estimate of drug-likeness (QED) is 0.762. The minimum atomic E-state index is -2.84. The molecule has 2 fully saturated rings. The van der Waals surface area contributed by atoms with Crippen LogP contribution in [0.4, 0.5) is 0 Å². The highest BCUT2D eigenvalue weighted by molar-refractivity contribution is 7.91. The lowest BCUT2D eigenvalue weighted by molar-refractivity contribution is 0.0705. The van der Waals surface area contributed by atoms with Crippen LogP contribution in [-0.4, -0.2) is 39.2 Å². The molecule has 0 aromatic carbocycles. The summed E-state index contributed by atoms with van der Waals surface area (Å²) in [6.07, 6.45) is 3.93. The summed E-state index contributed by atoms with van der Waals surface area (Å²) in [5, 5.41) is 0. The lowest BCUT2D eigenvalue weighted by atomic mass is 9.81. The van der Waals surface area contributed by atoms with Crippen LogP contribution in [0, 0.1) is 5.41 Å². The molecule has 88 valence electrons. The molecule has 2 saturated heterocycles. The Hall–Kier alpha value is -0.130. The van der Waals surface area contributed by atoms with E-state index >= 15 is 0 Å². The van der Waals surface area contributed by atoms with Crippen molar-refractivity contribution in [2.24, 2.45) is 11.1 Å². The zero-order valence-electron chi connectivity index (χ0n) is 8.94. The van der Waals surface area contributed by atoms with Gasteiger partial charge in [0.05, 0.1) is 17.6 Å². The summed E-state index contributed by atoms with van der Waals surface area (Å²) in [7, 11) is -2.84. The van der Waals surface area contributed by atoms with E-state index in [9.17, 15) is 8.42 Å². The van der Waals surface area contributed by atoms with Crippen LogP contribution in [0.25, 0.3) is 0 Å². The molecule has 2 aliphatic heterocycles. The van der Waals surface area contributed by atoms with Crippen molar-refractivity contribution in [2.45, 2.75) is 31.8 Å². The number of hydrogen-bond acceptors (Lipinski definition) is 4. The van der Waals surface area contributed by atoms with Crippen LogP contribution in [0.5, 0.6) is 0 Å². The topological polar surface area (TPSA) is 69.4 Å². The predicted octanol–water partition coefficient (Wildman–Crippen LogP) is 0.319. The second kappa shape index (κ2) is 4.03. The Balaban J connectivity index is 2.03. The molecule has 0 spiro atoms. The fourth-order valence-electron chi connectivity index (χ4n) is 2.68. The summed E-state index contributed by atoms with van der Waals surface area (Å²) in [6, 6.07) is 0. The number of rotatable bonds is 3. The normalized spacial score (nSPS) is 39.7. The molecule has 0 aromatic rings. The third-order valence-corrected chi connectivity index (χ3v) is 5.47. The minimum Gasteiger partial charge on any atom is -0.378 e. The Kier molecular flexibility index (Phi) is 3.05. The van der Waals surface area contributed by atoms with Gasteiger partial charge in [0.25, 0.3) is 0 Å². The molecule has 2 aliphatic rings. The Bertz CT molecular complexity index is 322. The first-order valence-electron chi connectivity index (χ1n) is 5.57. The largest absolute Gasteiger partial charge is 0.378 e. The van der Waals surface area contributed by atoms with Crippen molar-refractivity contribution in [3.63, 3.8) is 0 Å². The highest BCUT2D eigenvalue weighted by atomic mass is 32.2. The Labute approximate surface area is 91.1 Å². The first kappa shape index (κ1) is 11.4. The van der Waals surface area contributed by atoms with Gasteiger partial charge >= 0.3 is 0 Å². The van der Waals surface area contributed by atoms with Crippen molar-refractivity contribution in [3.8, 4) is 0 Å². The van der Waals surface area contributed by atoms with E-state index in [-0.39, 0.29) is 17.3 Å². The molecule has 0 aromatic heterocycles. The first-order valence-corrected chi connectivity index (χ1v) is 7.40. The summed E-state index contributed by atoms with van der Waals surface area (Å²) in [5.74, 6) is 0.563. The van der Waals surface area contributed by atoms with Crippen LogP contribution in [0.2, 0.25) is 0 Å². The number of ether oxygens (including phenoxy) is 1.